The number of amides is 3. The van der Waals surface area contributed by atoms with E-state index in [4.69, 9.17) is 5.73 Å². The lowest BCUT2D eigenvalue weighted by atomic mass is 10.0. The SMILES string of the molecule is NC(=O)Nc1ccc(C(=O)N2CCC(N3CCCC3)CC2)cc1. The molecule has 0 saturated carbocycles. The van der Waals surface area contributed by atoms with Crippen LogP contribution >= 0.6 is 0 Å². The highest BCUT2D eigenvalue weighted by molar-refractivity contribution is 5.95. The van der Waals surface area contributed by atoms with Crippen LogP contribution in [0.3, 0.4) is 0 Å². The molecule has 2 aliphatic rings. The van der Waals surface area contributed by atoms with Crippen molar-refractivity contribution in [1.82, 2.24) is 9.80 Å². The number of piperidine rings is 1. The van der Waals surface area contributed by atoms with Gasteiger partial charge in [-0.25, -0.2) is 4.79 Å². The zero-order chi connectivity index (χ0) is 16.2. The predicted octanol–water partition coefficient (Wildman–Crippen LogP) is 1.88. The molecular formula is C17H24N4O2. The fraction of sp³-hybridized carbons (Fsp3) is 0.529. The molecule has 1 aromatic rings. The molecule has 3 N–H and O–H groups in total. The first-order valence-electron chi connectivity index (χ1n) is 8.33. The van der Waals surface area contributed by atoms with E-state index in [1.54, 1.807) is 24.3 Å². The molecule has 3 rings (SSSR count). The van der Waals surface area contributed by atoms with Crippen LogP contribution in [0.1, 0.15) is 36.0 Å². The Hall–Kier alpha value is -2.08. The van der Waals surface area contributed by atoms with Gasteiger partial charge in [-0.05, 0) is 63.0 Å². The Morgan fingerprint density at radius 3 is 2.17 bits per heavy atom. The first kappa shape index (κ1) is 15.8. The number of nitrogens with two attached hydrogens (primary N) is 1. The van der Waals surface area contributed by atoms with Crippen LogP contribution in [-0.4, -0.2) is 54.0 Å². The van der Waals surface area contributed by atoms with Gasteiger partial charge in [0, 0.05) is 30.4 Å². The van der Waals surface area contributed by atoms with Gasteiger partial charge < -0.3 is 20.9 Å². The molecule has 6 nitrogen and oxygen atoms in total. The molecule has 0 aromatic heterocycles. The van der Waals surface area contributed by atoms with Crippen molar-refractivity contribution < 1.29 is 9.59 Å². The van der Waals surface area contributed by atoms with E-state index in [0.717, 1.165) is 25.9 Å². The van der Waals surface area contributed by atoms with Crippen molar-refractivity contribution in [2.24, 2.45) is 5.73 Å². The summed E-state index contributed by atoms with van der Waals surface area (Å²) in [5, 5.41) is 2.50. The molecule has 0 aliphatic carbocycles. The van der Waals surface area contributed by atoms with Crippen molar-refractivity contribution >= 4 is 17.6 Å². The number of hydrogen-bond donors (Lipinski definition) is 2. The van der Waals surface area contributed by atoms with Gasteiger partial charge in [-0.15, -0.1) is 0 Å². The van der Waals surface area contributed by atoms with Gasteiger partial charge >= 0.3 is 6.03 Å². The lowest BCUT2D eigenvalue weighted by molar-refractivity contribution is 0.0644. The minimum atomic E-state index is -0.604. The molecule has 2 heterocycles. The summed E-state index contributed by atoms with van der Waals surface area (Å²) < 4.78 is 0. The number of nitrogens with one attached hydrogen (secondary N) is 1. The molecule has 0 unspecified atom stereocenters. The van der Waals surface area contributed by atoms with Crippen molar-refractivity contribution in [1.29, 1.82) is 0 Å². The zero-order valence-corrected chi connectivity index (χ0v) is 13.3. The summed E-state index contributed by atoms with van der Waals surface area (Å²) in [6, 6.07) is 6.92. The Morgan fingerprint density at radius 1 is 1.00 bits per heavy atom. The van der Waals surface area contributed by atoms with E-state index in [1.165, 1.54) is 25.9 Å². The number of carbonyl (C=O) groups excluding carboxylic acids is 2. The highest BCUT2D eigenvalue weighted by Crippen LogP contribution is 2.22. The van der Waals surface area contributed by atoms with Crippen molar-refractivity contribution in [3.8, 4) is 0 Å². The van der Waals surface area contributed by atoms with Crippen molar-refractivity contribution in [2.75, 3.05) is 31.5 Å². The van der Waals surface area contributed by atoms with Crippen LogP contribution in [0.2, 0.25) is 0 Å². The van der Waals surface area contributed by atoms with E-state index in [2.05, 4.69) is 10.2 Å². The van der Waals surface area contributed by atoms with Crippen LogP contribution in [0.4, 0.5) is 10.5 Å². The number of anilines is 1. The first-order valence-corrected chi connectivity index (χ1v) is 8.33. The molecule has 0 radical (unpaired) electrons. The summed E-state index contributed by atoms with van der Waals surface area (Å²) in [6.07, 6.45) is 4.75. The highest BCUT2D eigenvalue weighted by atomic mass is 16.2. The summed E-state index contributed by atoms with van der Waals surface area (Å²) in [7, 11) is 0. The molecule has 0 atom stereocenters. The van der Waals surface area contributed by atoms with E-state index >= 15 is 0 Å². The maximum Gasteiger partial charge on any atom is 0.316 e. The average Bonchev–Trinajstić information content (AvgIpc) is 3.09. The number of carbonyl (C=O) groups is 2. The molecular weight excluding hydrogens is 292 g/mol. The third-order valence-electron chi connectivity index (χ3n) is 4.81. The Kier molecular flexibility index (Phi) is 4.81. The van der Waals surface area contributed by atoms with E-state index in [-0.39, 0.29) is 5.91 Å². The standard InChI is InChI=1S/C17H24N4O2/c18-17(23)19-14-5-3-13(4-6-14)16(22)21-11-7-15(8-12-21)20-9-1-2-10-20/h3-6,15H,1-2,7-12H2,(H3,18,19,23). The van der Waals surface area contributed by atoms with Crippen LogP contribution in [0.25, 0.3) is 0 Å². The van der Waals surface area contributed by atoms with Crippen LogP contribution in [0.15, 0.2) is 24.3 Å². The van der Waals surface area contributed by atoms with Crippen LogP contribution in [0.5, 0.6) is 0 Å². The van der Waals surface area contributed by atoms with Gasteiger partial charge in [0.2, 0.25) is 0 Å². The molecule has 2 saturated heterocycles. The number of urea groups is 1. The van der Waals surface area contributed by atoms with Gasteiger partial charge in [-0.2, -0.15) is 0 Å². The average molecular weight is 316 g/mol. The fourth-order valence-corrected chi connectivity index (χ4v) is 3.56. The molecule has 2 fully saturated rings. The Labute approximate surface area is 136 Å². The smallest absolute Gasteiger partial charge is 0.316 e. The summed E-state index contributed by atoms with van der Waals surface area (Å²) in [4.78, 5) is 27.9. The van der Waals surface area contributed by atoms with Crippen molar-refractivity contribution in [3.05, 3.63) is 29.8 Å². The third-order valence-corrected chi connectivity index (χ3v) is 4.81. The summed E-state index contributed by atoms with van der Waals surface area (Å²) in [5.41, 5.74) is 6.33. The zero-order valence-electron chi connectivity index (χ0n) is 13.3. The second-order valence-electron chi connectivity index (χ2n) is 6.33. The van der Waals surface area contributed by atoms with Gasteiger partial charge in [0.25, 0.3) is 5.91 Å². The van der Waals surface area contributed by atoms with Crippen molar-refractivity contribution in [3.63, 3.8) is 0 Å². The topological polar surface area (TPSA) is 78.7 Å². The highest BCUT2D eigenvalue weighted by Gasteiger charge is 2.28. The summed E-state index contributed by atoms with van der Waals surface area (Å²) >= 11 is 0. The first-order chi connectivity index (χ1) is 11.1. The minimum Gasteiger partial charge on any atom is -0.351 e. The minimum absolute atomic E-state index is 0.0653. The Morgan fingerprint density at radius 2 is 1.61 bits per heavy atom. The number of likely N-dealkylation sites (tertiary alicyclic amines) is 2. The lowest BCUT2D eigenvalue weighted by Gasteiger charge is -2.36. The van der Waals surface area contributed by atoms with Crippen LogP contribution < -0.4 is 11.1 Å². The molecule has 0 bridgehead atoms. The van der Waals surface area contributed by atoms with Gasteiger partial charge in [0.15, 0.2) is 0 Å². The second-order valence-corrected chi connectivity index (χ2v) is 6.33. The third kappa shape index (κ3) is 3.82. The van der Waals surface area contributed by atoms with E-state index < -0.39 is 6.03 Å². The van der Waals surface area contributed by atoms with Crippen LogP contribution in [0, 0.1) is 0 Å². The second kappa shape index (κ2) is 7.00. The fourth-order valence-electron chi connectivity index (χ4n) is 3.56. The lowest BCUT2D eigenvalue weighted by Crippen LogP contribution is -2.45. The number of rotatable bonds is 3. The van der Waals surface area contributed by atoms with Crippen LogP contribution in [-0.2, 0) is 0 Å². The van der Waals surface area contributed by atoms with E-state index in [9.17, 15) is 9.59 Å². The number of primary amides is 1. The quantitative estimate of drug-likeness (QED) is 0.893. The molecule has 0 spiro atoms. The maximum atomic E-state index is 12.6. The number of nitrogens with zero attached hydrogens (tertiary/aromatic N) is 2. The Bertz CT molecular complexity index is 558. The molecule has 2 aliphatic heterocycles. The van der Waals surface area contributed by atoms with E-state index in [1.807, 2.05) is 4.90 Å². The van der Waals surface area contributed by atoms with Gasteiger partial charge in [-0.3, -0.25) is 4.79 Å². The molecule has 3 amide bonds. The monoisotopic (exact) mass is 316 g/mol. The van der Waals surface area contributed by atoms with Gasteiger partial charge in [0.05, 0.1) is 0 Å². The number of hydrogen-bond acceptors (Lipinski definition) is 3. The summed E-state index contributed by atoms with van der Waals surface area (Å²) in [6.45, 7) is 4.07. The number of benzene rings is 1. The maximum absolute atomic E-state index is 12.6. The van der Waals surface area contributed by atoms with E-state index in [0.29, 0.717) is 17.3 Å². The largest absolute Gasteiger partial charge is 0.351 e. The van der Waals surface area contributed by atoms with Crippen molar-refractivity contribution in [2.45, 2.75) is 31.7 Å². The molecule has 6 heteroatoms. The molecule has 124 valence electrons. The summed E-state index contributed by atoms with van der Waals surface area (Å²) in [5.74, 6) is 0.0653. The molecule has 23 heavy (non-hydrogen) atoms. The molecule has 1 aromatic carbocycles. The van der Waals surface area contributed by atoms with Gasteiger partial charge in [0.1, 0.15) is 0 Å². The Balaban J connectivity index is 1.55. The van der Waals surface area contributed by atoms with Gasteiger partial charge in [-0.1, -0.05) is 0 Å². The predicted molar refractivity (Wildman–Crippen MR) is 89.4 cm³/mol. The normalized spacial score (nSPS) is 19.7.